The lowest BCUT2D eigenvalue weighted by Gasteiger charge is -2.24. The monoisotopic (exact) mass is 317 g/mol. The molecule has 0 aromatic heterocycles. The Kier molecular flexibility index (Phi) is 4.68. The number of ether oxygens (including phenoxy) is 1. The molecule has 2 unspecified atom stereocenters. The van der Waals surface area contributed by atoms with Gasteiger partial charge in [-0.05, 0) is 11.1 Å². The van der Waals surface area contributed by atoms with E-state index in [-0.39, 0.29) is 18.6 Å². The van der Waals surface area contributed by atoms with Crippen molar-refractivity contribution in [3.63, 3.8) is 0 Å². The van der Waals surface area contributed by atoms with Gasteiger partial charge in [0.1, 0.15) is 5.92 Å². The molecule has 7 nitrogen and oxygen atoms in total. The van der Waals surface area contributed by atoms with Gasteiger partial charge in [0.15, 0.2) is 0 Å². The number of morpholine rings is 1. The first kappa shape index (κ1) is 15.6. The number of benzene rings is 1. The highest BCUT2D eigenvalue weighted by molar-refractivity contribution is 6.11. The van der Waals surface area contributed by atoms with Gasteiger partial charge in [-0.25, -0.2) is 4.79 Å². The molecule has 1 aromatic carbocycles. The molecule has 0 bridgehead atoms. The van der Waals surface area contributed by atoms with Crippen LogP contribution in [0.2, 0.25) is 0 Å². The quantitative estimate of drug-likeness (QED) is 0.789. The van der Waals surface area contributed by atoms with Crippen molar-refractivity contribution in [3.8, 4) is 0 Å². The van der Waals surface area contributed by atoms with E-state index in [1.54, 1.807) is 0 Å². The maximum Gasteiger partial charge on any atom is 0.348 e. The van der Waals surface area contributed by atoms with Gasteiger partial charge in [-0.3, -0.25) is 4.79 Å². The molecule has 2 N–H and O–H groups in total. The van der Waals surface area contributed by atoms with E-state index in [1.807, 2.05) is 24.3 Å². The van der Waals surface area contributed by atoms with Crippen molar-refractivity contribution in [3.05, 3.63) is 35.4 Å². The smallest absolute Gasteiger partial charge is 0.348 e. The van der Waals surface area contributed by atoms with E-state index >= 15 is 0 Å². The molecule has 2 aliphatic heterocycles. The summed E-state index contributed by atoms with van der Waals surface area (Å²) in [4.78, 5) is 27.7. The summed E-state index contributed by atoms with van der Waals surface area (Å²) in [5.41, 5.74) is 2.37. The Bertz CT molecular complexity index is 621. The van der Waals surface area contributed by atoms with Crippen LogP contribution in [0.15, 0.2) is 29.4 Å². The Morgan fingerprint density at radius 3 is 2.74 bits per heavy atom. The number of amides is 1. The van der Waals surface area contributed by atoms with Crippen LogP contribution < -0.4 is 10.6 Å². The van der Waals surface area contributed by atoms with E-state index in [0.717, 1.165) is 24.2 Å². The van der Waals surface area contributed by atoms with Crippen molar-refractivity contribution in [2.24, 2.45) is 5.16 Å². The van der Waals surface area contributed by atoms with Gasteiger partial charge >= 0.3 is 5.97 Å². The molecule has 2 heterocycles. The molecule has 7 heteroatoms. The predicted molar refractivity (Wildman–Crippen MR) is 83.0 cm³/mol. The normalized spacial score (nSPS) is 24.0. The highest BCUT2D eigenvalue weighted by atomic mass is 16.7. The molecule has 2 atom stereocenters. The molecule has 23 heavy (non-hydrogen) atoms. The number of nitrogens with one attached hydrogen (secondary N) is 2. The fourth-order valence-electron chi connectivity index (χ4n) is 2.71. The summed E-state index contributed by atoms with van der Waals surface area (Å²) in [5.74, 6) is -1.17. The van der Waals surface area contributed by atoms with Crippen LogP contribution in [0.3, 0.4) is 0 Å². The number of hydrogen-bond acceptors (Lipinski definition) is 6. The van der Waals surface area contributed by atoms with Crippen LogP contribution >= 0.6 is 0 Å². The van der Waals surface area contributed by atoms with Gasteiger partial charge in [0.05, 0.1) is 25.0 Å². The Balaban J connectivity index is 1.73. The molecule has 1 amide bonds. The Hall–Kier alpha value is -2.25. The fraction of sp³-hybridized carbons (Fsp3) is 0.438. The average Bonchev–Trinajstić information content (AvgIpc) is 2.95. The summed E-state index contributed by atoms with van der Waals surface area (Å²) in [5, 5.41) is 9.70. The van der Waals surface area contributed by atoms with Gasteiger partial charge in [-0.1, -0.05) is 29.4 Å². The molecule has 1 saturated heterocycles. The largest absolute Gasteiger partial charge is 0.371 e. The molecule has 3 rings (SSSR count). The third kappa shape index (κ3) is 3.57. The Morgan fingerprint density at radius 1 is 1.35 bits per heavy atom. The zero-order valence-electron chi connectivity index (χ0n) is 12.9. The second-order valence-electron chi connectivity index (χ2n) is 5.57. The molecule has 0 aliphatic carbocycles. The molecule has 2 aliphatic rings. The van der Waals surface area contributed by atoms with Gasteiger partial charge in [0.25, 0.3) is 0 Å². The maximum atomic E-state index is 11.9. The number of nitrogens with zero attached hydrogens (tertiary/aromatic N) is 1. The summed E-state index contributed by atoms with van der Waals surface area (Å²) in [6.07, 6.45) is 0.0286. The number of carbonyl (C=O) groups is 2. The summed E-state index contributed by atoms with van der Waals surface area (Å²) in [6, 6.07) is 7.67. The van der Waals surface area contributed by atoms with Crippen LogP contribution in [0.4, 0.5) is 0 Å². The van der Waals surface area contributed by atoms with E-state index < -0.39 is 11.9 Å². The van der Waals surface area contributed by atoms with Crippen molar-refractivity contribution >= 4 is 17.6 Å². The van der Waals surface area contributed by atoms with E-state index in [9.17, 15) is 9.59 Å². The van der Waals surface area contributed by atoms with Gasteiger partial charge in [0, 0.05) is 20.0 Å². The SMILES string of the molecule is CC(=O)NCC1=NOC(=O)C1c1ccc(C2CNCCO2)cc1. The van der Waals surface area contributed by atoms with Crippen LogP contribution in [-0.4, -0.2) is 43.8 Å². The van der Waals surface area contributed by atoms with Crippen molar-refractivity contribution < 1.29 is 19.2 Å². The van der Waals surface area contributed by atoms with Crippen molar-refractivity contribution in [2.45, 2.75) is 18.9 Å². The number of carbonyl (C=O) groups excluding carboxylic acids is 2. The standard InChI is InChI=1S/C16H19N3O4/c1-10(20)18-8-13-15(16(21)23-19-13)12-4-2-11(3-5-12)14-9-17-6-7-22-14/h2-5,14-15,17H,6-9H2,1H3,(H,18,20). The zero-order valence-corrected chi connectivity index (χ0v) is 12.9. The minimum Gasteiger partial charge on any atom is -0.371 e. The highest BCUT2D eigenvalue weighted by Gasteiger charge is 2.34. The average molecular weight is 317 g/mol. The lowest BCUT2D eigenvalue weighted by atomic mass is 9.93. The number of rotatable bonds is 4. The van der Waals surface area contributed by atoms with Crippen LogP contribution in [0.25, 0.3) is 0 Å². The van der Waals surface area contributed by atoms with Crippen molar-refractivity contribution in [2.75, 3.05) is 26.2 Å². The molecule has 0 saturated carbocycles. The van der Waals surface area contributed by atoms with E-state index in [1.165, 1.54) is 6.92 Å². The molecule has 1 aromatic rings. The lowest BCUT2D eigenvalue weighted by Crippen LogP contribution is -2.33. The Labute approximate surface area is 134 Å². The lowest BCUT2D eigenvalue weighted by molar-refractivity contribution is -0.141. The minimum absolute atomic E-state index is 0.0286. The van der Waals surface area contributed by atoms with Gasteiger partial charge in [-0.2, -0.15) is 0 Å². The molecule has 122 valence electrons. The highest BCUT2D eigenvalue weighted by Crippen LogP contribution is 2.27. The van der Waals surface area contributed by atoms with Crippen LogP contribution in [0, 0.1) is 0 Å². The summed E-state index contributed by atoms with van der Waals surface area (Å²) in [6.45, 7) is 3.95. The maximum absolute atomic E-state index is 11.9. The molecular formula is C16H19N3O4. The first-order chi connectivity index (χ1) is 11.1. The summed E-state index contributed by atoms with van der Waals surface area (Å²) < 4.78 is 5.71. The van der Waals surface area contributed by atoms with E-state index in [4.69, 9.17) is 9.57 Å². The first-order valence-corrected chi connectivity index (χ1v) is 7.59. The third-order valence-corrected chi connectivity index (χ3v) is 3.91. The first-order valence-electron chi connectivity index (χ1n) is 7.59. The second kappa shape index (κ2) is 6.89. The number of oxime groups is 1. The molecular weight excluding hydrogens is 298 g/mol. The molecule has 0 radical (unpaired) electrons. The Morgan fingerprint density at radius 2 is 2.09 bits per heavy atom. The van der Waals surface area contributed by atoms with Gasteiger partial charge in [0.2, 0.25) is 5.91 Å². The van der Waals surface area contributed by atoms with Crippen LogP contribution in [0.1, 0.15) is 30.1 Å². The third-order valence-electron chi connectivity index (χ3n) is 3.91. The van der Waals surface area contributed by atoms with E-state index in [0.29, 0.717) is 12.3 Å². The van der Waals surface area contributed by atoms with Gasteiger partial charge < -0.3 is 20.2 Å². The van der Waals surface area contributed by atoms with Gasteiger partial charge in [-0.15, -0.1) is 0 Å². The molecule has 1 fully saturated rings. The van der Waals surface area contributed by atoms with Crippen LogP contribution in [-0.2, 0) is 19.2 Å². The molecule has 0 spiro atoms. The minimum atomic E-state index is -0.568. The fourth-order valence-corrected chi connectivity index (χ4v) is 2.71. The van der Waals surface area contributed by atoms with E-state index in [2.05, 4.69) is 15.8 Å². The topological polar surface area (TPSA) is 89.0 Å². The zero-order chi connectivity index (χ0) is 16.2. The second-order valence-corrected chi connectivity index (χ2v) is 5.57. The summed E-state index contributed by atoms with van der Waals surface area (Å²) in [7, 11) is 0. The predicted octanol–water partition coefficient (Wildman–Crippen LogP) is 0.480. The summed E-state index contributed by atoms with van der Waals surface area (Å²) >= 11 is 0. The number of hydrogen-bond donors (Lipinski definition) is 2. The van der Waals surface area contributed by atoms with Crippen LogP contribution in [0.5, 0.6) is 0 Å². The van der Waals surface area contributed by atoms with Crippen molar-refractivity contribution in [1.82, 2.24) is 10.6 Å². The van der Waals surface area contributed by atoms with Crippen molar-refractivity contribution in [1.29, 1.82) is 0 Å².